The predicted octanol–water partition coefficient (Wildman–Crippen LogP) is 5.87. The summed E-state index contributed by atoms with van der Waals surface area (Å²) in [5.74, 6) is -0.551. The molecule has 3 aromatic rings. The van der Waals surface area contributed by atoms with Gasteiger partial charge in [0, 0.05) is 6.42 Å². The van der Waals surface area contributed by atoms with Gasteiger partial charge in [0.25, 0.3) is 18.4 Å². The molecule has 9 heteroatoms. The first-order chi connectivity index (χ1) is 20.9. The number of rotatable bonds is 14. The van der Waals surface area contributed by atoms with Crippen LogP contribution in [0, 0.1) is 0 Å². The molecule has 0 unspecified atom stereocenters. The molecule has 1 aliphatic rings. The zero-order valence-corrected chi connectivity index (χ0v) is 28.3. The maximum Gasteiger partial charge on any atom is 0.338 e. The second kappa shape index (κ2) is 15.0. The molecule has 1 aliphatic heterocycles. The van der Waals surface area contributed by atoms with Crippen LogP contribution in [0.1, 0.15) is 70.2 Å². The molecule has 0 radical (unpaired) electrons. The molecule has 0 aromatic heterocycles. The van der Waals surface area contributed by atoms with Gasteiger partial charge in [0.15, 0.2) is 0 Å². The predicted molar refractivity (Wildman–Crippen MR) is 176 cm³/mol. The van der Waals surface area contributed by atoms with Gasteiger partial charge in [-0.1, -0.05) is 126 Å². The van der Waals surface area contributed by atoms with Gasteiger partial charge < -0.3 is 13.9 Å². The quantitative estimate of drug-likeness (QED) is 0.0945. The van der Waals surface area contributed by atoms with Gasteiger partial charge in [-0.3, -0.25) is 4.18 Å². The normalized spacial score (nSPS) is 19.9. The summed E-state index contributed by atoms with van der Waals surface area (Å²) in [5.41, 5.74) is 0.378. The summed E-state index contributed by atoms with van der Waals surface area (Å²) in [4.78, 5) is 12.8. The lowest BCUT2D eigenvalue weighted by Gasteiger charge is -2.45. The molecule has 1 heterocycles. The monoisotopic (exact) mass is 638 g/mol. The number of carbonyl (C=O) groups is 1. The zero-order chi connectivity index (χ0) is 31.8. The Balaban J connectivity index is 1.69. The molecule has 0 N–H and O–H groups in total. The fourth-order valence-electron chi connectivity index (χ4n) is 6.12. The highest BCUT2D eigenvalue weighted by atomic mass is 32.2. The Kier molecular flexibility index (Phi) is 11.6. The van der Waals surface area contributed by atoms with Crippen LogP contribution in [0.25, 0.3) is 0 Å². The SMILES string of the molecule is CCCCC[C@@H]1O[C@@H]([C@H](COC(=O)c2ccccc2)OS(C)(=O)=O)C[C@@H]1O[Si](c1ccccc1)(c1ccccc1)C(C)(C)C. The lowest BCUT2D eigenvalue weighted by Crippen LogP contribution is -2.68. The molecule has 0 spiro atoms. The van der Waals surface area contributed by atoms with Crippen molar-refractivity contribution in [3.05, 3.63) is 96.6 Å². The van der Waals surface area contributed by atoms with Crippen LogP contribution in [0.2, 0.25) is 5.04 Å². The Morgan fingerprint density at radius 3 is 1.95 bits per heavy atom. The van der Waals surface area contributed by atoms with E-state index in [0.29, 0.717) is 12.0 Å². The van der Waals surface area contributed by atoms with E-state index in [2.05, 4.69) is 76.2 Å². The van der Waals surface area contributed by atoms with E-state index in [1.807, 2.05) is 18.2 Å². The molecule has 1 fully saturated rings. The third-order valence-electron chi connectivity index (χ3n) is 8.17. The third kappa shape index (κ3) is 8.46. The second-order valence-corrected chi connectivity index (χ2v) is 18.4. The Morgan fingerprint density at radius 1 is 0.909 bits per heavy atom. The molecule has 3 aromatic carbocycles. The lowest BCUT2D eigenvalue weighted by atomic mass is 10.0. The standard InChI is InChI=1S/C35H46O7SSi/c1-6-7-11-24-30-32(42-44(35(2,3)4,28-20-14-9-15-21-28)29-22-16-10-17-23-29)25-31(40-30)33(41-43(5,37)38)26-39-34(36)27-18-12-8-13-19-27/h8-10,12-23,30-33H,6-7,11,24-26H2,1-5H3/t30-,31+,32-,33-/m0/s1. The molecule has 0 aliphatic carbocycles. The first kappa shape index (κ1) is 34.1. The van der Waals surface area contributed by atoms with Crippen LogP contribution in [-0.4, -0.2) is 60.0 Å². The Morgan fingerprint density at radius 2 is 1.45 bits per heavy atom. The highest BCUT2D eigenvalue weighted by molar-refractivity contribution is 7.86. The molecule has 4 rings (SSSR count). The fourth-order valence-corrected chi connectivity index (χ4v) is 11.5. The van der Waals surface area contributed by atoms with Crippen LogP contribution < -0.4 is 10.4 Å². The van der Waals surface area contributed by atoms with E-state index in [4.69, 9.17) is 18.1 Å². The second-order valence-electron chi connectivity index (χ2n) is 12.6. The Bertz CT molecular complexity index is 1390. The average molecular weight is 639 g/mol. The highest BCUT2D eigenvalue weighted by Crippen LogP contribution is 2.41. The third-order valence-corrected chi connectivity index (χ3v) is 13.8. The van der Waals surface area contributed by atoms with Gasteiger partial charge in [0.2, 0.25) is 0 Å². The Hall–Kier alpha value is -2.82. The molecule has 44 heavy (non-hydrogen) atoms. The summed E-state index contributed by atoms with van der Waals surface area (Å²) in [5, 5.41) is 2.08. The fraction of sp³-hybridized carbons (Fsp3) is 0.457. The molecule has 0 saturated carbocycles. The molecule has 0 bridgehead atoms. The number of carbonyl (C=O) groups excluding carboxylic acids is 1. The van der Waals surface area contributed by atoms with Gasteiger partial charge in [0.1, 0.15) is 12.7 Å². The van der Waals surface area contributed by atoms with Crippen LogP contribution >= 0.6 is 0 Å². The molecule has 238 valence electrons. The summed E-state index contributed by atoms with van der Waals surface area (Å²) in [6.45, 7) is 8.59. The maximum atomic E-state index is 12.8. The van der Waals surface area contributed by atoms with E-state index in [-0.39, 0.29) is 23.9 Å². The summed E-state index contributed by atoms with van der Waals surface area (Å²) in [6.07, 6.45) is 2.98. The van der Waals surface area contributed by atoms with Gasteiger partial charge in [-0.15, -0.1) is 0 Å². The maximum absolute atomic E-state index is 12.8. The molecular weight excluding hydrogens is 593 g/mol. The van der Waals surface area contributed by atoms with Crippen molar-refractivity contribution >= 4 is 34.8 Å². The summed E-state index contributed by atoms with van der Waals surface area (Å²) < 4.78 is 49.9. The first-order valence-corrected chi connectivity index (χ1v) is 19.2. The number of ether oxygens (including phenoxy) is 2. The van der Waals surface area contributed by atoms with Crippen LogP contribution in [0.4, 0.5) is 0 Å². The van der Waals surface area contributed by atoms with E-state index in [9.17, 15) is 13.2 Å². The number of benzene rings is 3. The van der Waals surface area contributed by atoms with Crippen molar-refractivity contribution in [2.45, 2.75) is 89.3 Å². The first-order valence-electron chi connectivity index (χ1n) is 15.5. The van der Waals surface area contributed by atoms with Crippen molar-refractivity contribution in [3.63, 3.8) is 0 Å². The molecule has 0 amide bonds. The van der Waals surface area contributed by atoms with Gasteiger partial charge in [-0.05, 0) is 34.0 Å². The number of hydrogen-bond acceptors (Lipinski definition) is 7. The topological polar surface area (TPSA) is 88.1 Å². The van der Waals surface area contributed by atoms with Crippen molar-refractivity contribution in [1.29, 1.82) is 0 Å². The van der Waals surface area contributed by atoms with Crippen molar-refractivity contribution in [3.8, 4) is 0 Å². The van der Waals surface area contributed by atoms with E-state index >= 15 is 0 Å². The van der Waals surface area contributed by atoms with E-state index in [0.717, 1.165) is 42.3 Å². The largest absolute Gasteiger partial charge is 0.459 e. The summed E-state index contributed by atoms with van der Waals surface area (Å²) >= 11 is 0. The van der Waals surface area contributed by atoms with Crippen molar-refractivity contribution in [2.75, 3.05) is 12.9 Å². The van der Waals surface area contributed by atoms with Gasteiger partial charge in [-0.2, -0.15) is 8.42 Å². The Labute approximate surface area is 264 Å². The molecule has 1 saturated heterocycles. The summed E-state index contributed by atoms with van der Waals surface area (Å²) in [6, 6.07) is 29.5. The lowest BCUT2D eigenvalue weighted by molar-refractivity contribution is -0.0543. The minimum Gasteiger partial charge on any atom is -0.459 e. The zero-order valence-electron chi connectivity index (χ0n) is 26.5. The minimum atomic E-state index is -3.88. The average Bonchev–Trinajstić information content (AvgIpc) is 3.40. The van der Waals surface area contributed by atoms with Gasteiger partial charge >= 0.3 is 5.97 Å². The number of unbranched alkanes of at least 4 members (excludes halogenated alkanes) is 2. The van der Waals surface area contributed by atoms with E-state index < -0.39 is 36.6 Å². The van der Waals surface area contributed by atoms with Crippen molar-refractivity contribution in [2.24, 2.45) is 0 Å². The van der Waals surface area contributed by atoms with Gasteiger partial charge in [-0.25, -0.2) is 4.79 Å². The van der Waals surface area contributed by atoms with Gasteiger partial charge in [0.05, 0.1) is 30.1 Å². The summed E-state index contributed by atoms with van der Waals surface area (Å²) in [7, 11) is -6.80. The molecule has 4 atom stereocenters. The van der Waals surface area contributed by atoms with E-state index in [1.165, 1.54) is 0 Å². The minimum absolute atomic E-state index is 0.240. The van der Waals surface area contributed by atoms with Crippen LogP contribution in [-0.2, 0) is 28.2 Å². The number of esters is 1. The van der Waals surface area contributed by atoms with Crippen molar-refractivity contribution in [1.82, 2.24) is 0 Å². The van der Waals surface area contributed by atoms with Crippen LogP contribution in [0.15, 0.2) is 91.0 Å². The molecule has 7 nitrogen and oxygen atoms in total. The van der Waals surface area contributed by atoms with Crippen LogP contribution in [0.5, 0.6) is 0 Å². The number of hydrogen-bond donors (Lipinski definition) is 0. The van der Waals surface area contributed by atoms with Crippen molar-refractivity contribution < 1.29 is 31.3 Å². The van der Waals surface area contributed by atoms with Crippen LogP contribution in [0.3, 0.4) is 0 Å². The van der Waals surface area contributed by atoms with E-state index in [1.54, 1.807) is 24.3 Å². The molecular formula is C35H46O7SSi. The smallest absolute Gasteiger partial charge is 0.338 e. The highest BCUT2D eigenvalue weighted by Gasteiger charge is 2.54.